The lowest BCUT2D eigenvalue weighted by molar-refractivity contribution is 0.0676. The fraction of sp³-hybridized carbons (Fsp3) is 0.211. The van der Waals surface area contributed by atoms with Crippen LogP contribution >= 0.6 is 0 Å². The second-order valence-electron chi connectivity index (χ2n) is 6.71. The molecule has 0 aliphatic carbocycles. The van der Waals surface area contributed by atoms with E-state index in [-0.39, 0.29) is 11.9 Å². The first-order valence-corrected chi connectivity index (χ1v) is 8.79. The lowest BCUT2D eigenvalue weighted by atomic mass is 10.1. The lowest BCUT2D eigenvalue weighted by Gasteiger charge is -2.32. The van der Waals surface area contributed by atoms with Gasteiger partial charge < -0.3 is 9.47 Å². The molecule has 0 unspecified atom stereocenters. The highest BCUT2D eigenvalue weighted by Gasteiger charge is 2.30. The van der Waals surface area contributed by atoms with E-state index < -0.39 is 0 Å². The van der Waals surface area contributed by atoms with Crippen LogP contribution in [0, 0.1) is 0 Å². The molecule has 0 saturated carbocycles. The van der Waals surface area contributed by atoms with E-state index in [2.05, 4.69) is 36.9 Å². The Hall–Kier alpha value is -3.55. The molecule has 8 heteroatoms. The van der Waals surface area contributed by atoms with Crippen LogP contribution in [0.1, 0.15) is 29.3 Å². The van der Waals surface area contributed by atoms with Crippen LogP contribution in [0.3, 0.4) is 0 Å². The van der Waals surface area contributed by atoms with Gasteiger partial charge in [0, 0.05) is 17.5 Å². The Bertz CT molecular complexity index is 1130. The molecule has 4 heterocycles. The molecule has 5 rings (SSSR count). The normalized spacial score (nSPS) is 16.5. The van der Waals surface area contributed by atoms with Crippen molar-refractivity contribution < 1.29 is 4.79 Å². The van der Waals surface area contributed by atoms with Gasteiger partial charge >= 0.3 is 0 Å². The molecule has 1 amide bonds. The smallest absolute Gasteiger partial charge is 0.273 e. The molecular weight excluding hydrogens is 342 g/mol. The molecule has 1 N–H and O–H groups in total. The molecule has 4 aromatic rings. The highest BCUT2D eigenvalue weighted by atomic mass is 16.2. The van der Waals surface area contributed by atoms with Gasteiger partial charge in [-0.1, -0.05) is 30.3 Å². The standard InChI is InChI=1S/C19H17N7O/c1-12-10-25(19(27)15-8-7-14-9-20-23-17(14)21-15)11-16-22-24-18(26(12)16)13-5-3-2-4-6-13/h2-9,12H,10-11H2,1H3,(H,20,21,23)/t12-/m0/s1. The lowest BCUT2D eigenvalue weighted by Crippen LogP contribution is -2.40. The molecule has 0 fully saturated rings. The molecule has 8 nitrogen and oxygen atoms in total. The van der Waals surface area contributed by atoms with Crippen LogP contribution in [-0.4, -0.2) is 47.3 Å². The quantitative estimate of drug-likeness (QED) is 0.593. The third kappa shape index (κ3) is 2.57. The van der Waals surface area contributed by atoms with Gasteiger partial charge in [0.15, 0.2) is 17.3 Å². The van der Waals surface area contributed by atoms with E-state index in [4.69, 9.17) is 0 Å². The van der Waals surface area contributed by atoms with Crippen molar-refractivity contribution in [3.63, 3.8) is 0 Å². The average molecular weight is 359 g/mol. The van der Waals surface area contributed by atoms with E-state index in [1.807, 2.05) is 36.4 Å². The van der Waals surface area contributed by atoms with E-state index in [1.165, 1.54) is 0 Å². The Morgan fingerprint density at radius 2 is 2.00 bits per heavy atom. The summed E-state index contributed by atoms with van der Waals surface area (Å²) >= 11 is 0. The molecule has 134 valence electrons. The van der Waals surface area contributed by atoms with E-state index in [9.17, 15) is 4.79 Å². The number of fused-ring (bicyclic) bond motifs is 2. The van der Waals surface area contributed by atoms with Gasteiger partial charge in [0.2, 0.25) is 0 Å². The van der Waals surface area contributed by atoms with E-state index in [0.717, 1.165) is 22.6 Å². The predicted molar refractivity (Wildman–Crippen MR) is 98.8 cm³/mol. The minimum absolute atomic E-state index is 0.0683. The summed E-state index contributed by atoms with van der Waals surface area (Å²) in [7, 11) is 0. The van der Waals surface area contributed by atoms with Gasteiger partial charge in [0.05, 0.1) is 18.8 Å². The van der Waals surface area contributed by atoms with Crippen molar-refractivity contribution in [2.75, 3.05) is 6.54 Å². The molecule has 1 aromatic carbocycles. The summed E-state index contributed by atoms with van der Waals surface area (Å²) in [5.41, 5.74) is 2.03. The van der Waals surface area contributed by atoms with Crippen molar-refractivity contribution in [2.45, 2.75) is 19.5 Å². The van der Waals surface area contributed by atoms with E-state index in [0.29, 0.717) is 24.4 Å². The Labute approximate surface area is 154 Å². The summed E-state index contributed by atoms with van der Waals surface area (Å²) in [5.74, 6) is 1.50. The Kier molecular flexibility index (Phi) is 3.49. The first kappa shape index (κ1) is 15.7. The summed E-state index contributed by atoms with van der Waals surface area (Å²) < 4.78 is 2.12. The SMILES string of the molecule is C[C@H]1CN(C(=O)c2ccc3cn[nH]c3n2)Cc2nnc(-c3ccccc3)n21. The zero-order chi connectivity index (χ0) is 18.4. The molecule has 0 radical (unpaired) electrons. The fourth-order valence-electron chi connectivity index (χ4n) is 3.58. The van der Waals surface area contributed by atoms with Crippen LogP contribution in [0.15, 0.2) is 48.7 Å². The number of amides is 1. The summed E-state index contributed by atoms with van der Waals surface area (Å²) in [6, 6.07) is 13.6. The number of carbonyl (C=O) groups excluding carboxylic acids is 1. The van der Waals surface area contributed by atoms with Gasteiger partial charge in [-0.2, -0.15) is 5.10 Å². The predicted octanol–water partition coefficient (Wildman–Crippen LogP) is 2.43. The van der Waals surface area contributed by atoms with Gasteiger partial charge in [-0.25, -0.2) is 4.98 Å². The number of H-pyrrole nitrogens is 1. The van der Waals surface area contributed by atoms with E-state index >= 15 is 0 Å². The molecule has 0 bridgehead atoms. The van der Waals surface area contributed by atoms with Crippen molar-refractivity contribution in [1.29, 1.82) is 0 Å². The number of rotatable bonds is 2. The van der Waals surface area contributed by atoms with Crippen molar-refractivity contribution in [3.8, 4) is 11.4 Å². The van der Waals surface area contributed by atoms with Gasteiger partial charge in [0.25, 0.3) is 5.91 Å². The Morgan fingerprint density at radius 3 is 2.85 bits per heavy atom. The monoisotopic (exact) mass is 359 g/mol. The second-order valence-corrected chi connectivity index (χ2v) is 6.71. The third-order valence-corrected chi connectivity index (χ3v) is 4.86. The van der Waals surface area contributed by atoms with Crippen molar-refractivity contribution >= 4 is 16.9 Å². The van der Waals surface area contributed by atoms with Gasteiger partial charge in [-0.05, 0) is 19.1 Å². The number of nitrogens with zero attached hydrogens (tertiary/aromatic N) is 6. The van der Waals surface area contributed by atoms with Gasteiger partial charge in [-0.3, -0.25) is 9.89 Å². The second kappa shape index (κ2) is 6.01. The van der Waals surface area contributed by atoms with Gasteiger partial charge in [-0.15, -0.1) is 10.2 Å². The minimum atomic E-state index is -0.117. The highest BCUT2D eigenvalue weighted by Crippen LogP contribution is 2.28. The first-order chi connectivity index (χ1) is 13.2. The first-order valence-electron chi connectivity index (χ1n) is 8.79. The summed E-state index contributed by atoms with van der Waals surface area (Å²) in [6.45, 7) is 3.06. The zero-order valence-corrected chi connectivity index (χ0v) is 14.7. The molecule has 1 atom stereocenters. The number of aromatic amines is 1. The molecule has 0 spiro atoms. The largest absolute Gasteiger partial charge is 0.328 e. The number of benzene rings is 1. The Morgan fingerprint density at radius 1 is 1.15 bits per heavy atom. The molecule has 1 aliphatic rings. The number of carbonyl (C=O) groups is 1. The van der Waals surface area contributed by atoms with Crippen molar-refractivity contribution in [3.05, 3.63) is 60.2 Å². The maximum absolute atomic E-state index is 13.0. The zero-order valence-electron chi connectivity index (χ0n) is 14.7. The average Bonchev–Trinajstić information content (AvgIpc) is 3.34. The van der Waals surface area contributed by atoms with Crippen LogP contribution in [0.25, 0.3) is 22.4 Å². The van der Waals surface area contributed by atoms with Gasteiger partial charge in [0.1, 0.15) is 5.69 Å². The van der Waals surface area contributed by atoms with Crippen LogP contribution in [0.5, 0.6) is 0 Å². The summed E-state index contributed by atoms with van der Waals surface area (Å²) in [4.78, 5) is 19.1. The number of hydrogen-bond donors (Lipinski definition) is 1. The third-order valence-electron chi connectivity index (χ3n) is 4.86. The van der Waals surface area contributed by atoms with E-state index in [1.54, 1.807) is 17.2 Å². The maximum atomic E-state index is 13.0. The van der Waals surface area contributed by atoms with Crippen LogP contribution in [0.4, 0.5) is 0 Å². The van der Waals surface area contributed by atoms with Crippen molar-refractivity contribution in [2.24, 2.45) is 0 Å². The highest BCUT2D eigenvalue weighted by molar-refractivity contribution is 5.94. The summed E-state index contributed by atoms with van der Waals surface area (Å²) in [6.07, 6.45) is 1.69. The fourth-order valence-corrected chi connectivity index (χ4v) is 3.58. The molecule has 0 saturated heterocycles. The number of hydrogen-bond acceptors (Lipinski definition) is 5. The van der Waals surface area contributed by atoms with Crippen LogP contribution in [0.2, 0.25) is 0 Å². The topological polar surface area (TPSA) is 92.6 Å². The minimum Gasteiger partial charge on any atom is -0.328 e. The van der Waals surface area contributed by atoms with Crippen molar-refractivity contribution in [1.82, 2.24) is 34.8 Å². The van der Waals surface area contributed by atoms with Crippen LogP contribution < -0.4 is 0 Å². The number of aromatic nitrogens is 6. The molecular formula is C19H17N7O. The molecule has 27 heavy (non-hydrogen) atoms. The molecule has 3 aromatic heterocycles. The van der Waals surface area contributed by atoms with Crippen LogP contribution in [-0.2, 0) is 6.54 Å². The maximum Gasteiger partial charge on any atom is 0.273 e. The Balaban J connectivity index is 1.46. The molecule has 1 aliphatic heterocycles. The number of nitrogens with one attached hydrogen (secondary N) is 1. The number of pyridine rings is 1. The summed E-state index contributed by atoms with van der Waals surface area (Å²) in [5, 5.41) is 16.3.